The molecule has 6 heteroatoms. The predicted molar refractivity (Wildman–Crippen MR) is 85.9 cm³/mol. The summed E-state index contributed by atoms with van der Waals surface area (Å²) >= 11 is 0. The summed E-state index contributed by atoms with van der Waals surface area (Å²) in [5.74, 6) is -2.11. The number of aryl methyl sites for hydroxylation is 1. The summed E-state index contributed by atoms with van der Waals surface area (Å²) in [5, 5.41) is 3.00. The minimum Gasteiger partial charge on any atom is -0.423 e. The van der Waals surface area contributed by atoms with Gasteiger partial charge in [-0.15, -0.1) is 0 Å². The monoisotopic (exact) mass is 329 g/mol. The molecule has 0 unspecified atom stereocenters. The molecule has 0 bridgehead atoms. The summed E-state index contributed by atoms with van der Waals surface area (Å²) in [5.41, 5.74) is 1.09. The molecule has 1 N–H and O–H groups in total. The normalized spacial score (nSPS) is 10.8. The van der Waals surface area contributed by atoms with Gasteiger partial charge < -0.3 is 9.73 Å². The highest BCUT2D eigenvalue weighted by Gasteiger charge is 2.12. The highest BCUT2D eigenvalue weighted by Crippen LogP contribution is 2.20. The average Bonchev–Trinajstić information content (AvgIpc) is 2.49. The minimum absolute atomic E-state index is 0.121. The van der Waals surface area contributed by atoms with Crippen molar-refractivity contribution in [3.05, 3.63) is 75.6 Å². The number of rotatable bonds is 3. The number of halogens is 2. The van der Waals surface area contributed by atoms with Crippen molar-refractivity contribution in [3.63, 3.8) is 0 Å². The molecule has 0 atom stereocenters. The maximum Gasteiger partial charge on any atom is 0.336 e. The Morgan fingerprint density at radius 2 is 1.92 bits per heavy atom. The third-order valence-corrected chi connectivity index (χ3v) is 3.54. The largest absolute Gasteiger partial charge is 0.423 e. The van der Waals surface area contributed by atoms with E-state index in [9.17, 15) is 18.4 Å². The van der Waals surface area contributed by atoms with Crippen LogP contribution in [0.25, 0.3) is 11.0 Å². The van der Waals surface area contributed by atoms with Crippen molar-refractivity contribution < 1.29 is 18.0 Å². The van der Waals surface area contributed by atoms with E-state index in [4.69, 9.17) is 4.42 Å². The Balaban J connectivity index is 1.89. The van der Waals surface area contributed by atoms with Gasteiger partial charge in [0.15, 0.2) is 0 Å². The van der Waals surface area contributed by atoms with Crippen molar-refractivity contribution in [1.82, 2.24) is 0 Å². The number of nitrogens with one attached hydrogen (secondary N) is 1. The molecule has 3 rings (SSSR count). The van der Waals surface area contributed by atoms with Gasteiger partial charge in [0.1, 0.15) is 17.2 Å². The summed E-state index contributed by atoms with van der Waals surface area (Å²) < 4.78 is 31.6. The van der Waals surface area contributed by atoms with Crippen LogP contribution in [0.5, 0.6) is 0 Å². The van der Waals surface area contributed by atoms with Crippen LogP contribution in [0.4, 0.5) is 14.5 Å². The van der Waals surface area contributed by atoms with Crippen molar-refractivity contribution in [3.8, 4) is 0 Å². The van der Waals surface area contributed by atoms with Gasteiger partial charge in [-0.05, 0) is 36.2 Å². The molecule has 0 radical (unpaired) electrons. The van der Waals surface area contributed by atoms with Crippen LogP contribution in [0.3, 0.4) is 0 Å². The Hall–Kier alpha value is -3.02. The molecule has 0 saturated carbocycles. The standard InChI is InChI=1S/C18H13F2NO3/c1-10-2-4-13-11(8-18(23)24-16(13)6-10)7-17(22)21-15-5-3-12(19)9-14(15)20/h2-6,8-9H,7H2,1H3,(H,21,22). The molecule has 1 aromatic heterocycles. The third-order valence-electron chi connectivity index (χ3n) is 3.54. The van der Waals surface area contributed by atoms with E-state index in [1.165, 1.54) is 6.07 Å². The van der Waals surface area contributed by atoms with Crippen molar-refractivity contribution >= 4 is 22.6 Å². The van der Waals surface area contributed by atoms with Gasteiger partial charge in [-0.25, -0.2) is 13.6 Å². The maximum atomic E-state index is 13.6. The molecule has 0 aliphatic carbocycles. The number of fused-ring (bicyclic) bond motifs is 1. The molecule has 1 amide bonds. The third kappa shape index (κ3) is 3.32. The van der Waals surface area contributed by atoms with Crippen LogP contribution in [-0.2, 0) is 11.2 Å². The molecule has 24 heavy (non-hydrogen) atoms. The van der Waals surface area contributed by atoms with Crippen LogP contribution in [0.15, 0.2) is 51.7 Å². The van der Waals surface area contributed by atoms with Gasteiger partial charge >= 0.3 is 5.63 Å². The lowest BCUT2D eigenvalue weighted by Gasteiger charge is -2.08. The highest BCUT2D eigenvalue weighted by atomic mass is 19.1. The van der Waals surface area contributed by atoms with E-state index >= 15 is 0 Å². The van der Waals surface area contributed by atoms with Gasteiger partial charge in [0, 0.05) is 17.5 Å². The van der Waals surface area contributed by atoms with Crippen molar-refractivity contribution in [1.29, 1.82) is 0 Å². The number of anilines is 1. The van der Waals surface area contributed by atoms with E-state index in [2.05, 4.69) is 5.32 Å². The van der Waals surface area contributed by atoms with E-state index in [1.807, 2.05) is 13.0 Å². The van der Waals surface area contributed by atoms with Gasteiger partial charge in [0.05, 0.1) is 12.1 Å². The van der Waals surface area contributed by atoms with Crippen LogP contribution < -0.4 is 10.9 Å². The maximum absolute atomic E-state index is 13.6. The molecular formula is C18H13F2NO3. The molecular weight excluding hydrogens is 316 g/mol. The van der Waals surface area contributed by atoms with Crippen molar-refractivity contribution in [2.24, 2.45) is 0 Å². The Labute approximate surface area is 135 Å². The summed E-state index contributed by atoms with van der Waals surface area (Å²) in [6.45, 7) is 1.86. The SMILES string of the molecule is Cc1ccc2c(CC(=O)Nc3ccc(F)cc3F)cc(=O)oc2c1. The van der Waals surface area contributed by atoms with Gasteiger partial charge in [-0.3, -0.25) is 4.79 Å². The van der Waals surface area contributed by atoms with Gasteiger partial charge in [0.25, 0.3) is 0 Å². The quantitative estimate of drug-likeness (QED) is 0.748. The van der Waals surface area contributed by atoms with E-state index in [1.54, 1.807) is 12.1 Å². The molecule has 122 valence electrons. The van der Waals surface area contributed by atoms with E-state index in [0.29, 0.717) is 22.6 Å². The first-order chi connectivity index (χ1) is 11.4. The van der Waals surface area contributed by atoms with Gasteiger partial charge in [-0.2, -0.15) is 0 Å². The van der Waals surface area contributed by atoms with Gasteiger partial charge in [-0.1, -0.05) is 12.1 Å². The fraction of sp³-hybridized carbons (Fsp3) is 0.111. The summed E-state index contributed by atoms with van der Waals surface area (Å²) in [6.07, 6.45) is -0.137. The van der Waals surface area contributed by atoms with Crippen LogP contribution in [0, 0.1) is 18.6 Å². The lowest BCUT2D eigenvalue weighted by atomic mass is 10.1. The Kier molecular flexibility index (Phi) is 4.12. The second-order valence-electron chi connectivity index (χ2n) is 5.44. The molecule has 0 aliphatic heterocycles. The lowest BCUT2D eigenvalue weighted by molar-refractivity contribution is -0.115. The van der Waals surface area contributed by atoms with Crippen LogP contribution in [0.1, 0.15) is 11.1 Å². The smallest absolute Gasteiger partial charge is 0.336 e. The van der Waals surface area contributed by atoms with Crippen molar-refractivity contribution in [2.45, 2.75) is 13.3 Å². The van der Waals surface area contributed by atoms with Gasteiger partial charge in [0.2, 0.25) is 5.91 Å². The molecule has 0 spiro atoms. The second-order valence-corrected chi connectivity index (χ2v) is 5.44. The van der Waals surface area contributed by atoms with E-state index in [0.717, 1.165) is 17.7 Å². The summed E-state index contributed by atoms with van der Waals surface area (Å²) in [6, 6.07) is 9.41. The van der Waals surface area contributed by atoms with Crippen LogP contribution >= 0.6 is 0 Å². The molecule has 1 heterocycles. The molecule has 2 aromatic carbocycles. The first-order valence-electron chi connectivity index (χ1n) is 7.20. The first kappa shape index (κ1) is 15.9. The molecule has 0 fully saturated rings. The zero-order valence-corrected chi connectivity index (χ0v) is 12.7. The number of amides is 1. The minimum atomic E-state index is -0.864. The lowest BCUT2D eigenvalue weighted by Crippen LogP contribution is -2.16. The average molecular weight is 329 g/mol. The number of hydrogen-bond donors (Lipinski definition) is 1. The van der Waals surface area contributed by atoms with E-state index < -0.39 is 23.2 Å². The van der Waals surface area contributed by atoms with E-state index in [-0.39, 0.29) is 12.1 Å². The zero-order valence-electron chi connectivity index (χ0n) is 12.7. The number of benzene rings is 2. The molecule has 0 saturated heterocycles. The highest BCUT2D eigenvalue weighted by molar-refractivity contribution is 5.95. The second kappa shape index (κ2) is 6.23. The molecule has 4 nitrogen and oxygen atoms in total. The number of carbonyl (C=O) groups is 1. The summed E-state index contributed by atoms with van der Waals surface area (Å²) in [7, 11) is 0. The number of hydrogen-bond acceptors (Lipinski definition) is 3. The summed E-state index contributed by atoms with van der Waals surface area (Å²) in [4.78, 5) is 23.8. The number of carbonyl (C=O) groups excluding carboxylic acids is 1. The predicted octanol–water partition coefficient (Wildman–Crippen LogP) is 3.56. The fourth-order valence-corrected chi connectivity index (χ4v) is 2.44. The Morgan fingerprint density at radius 1 is 1.12 bits per heavy atom. The van der Waals surface area contributed by atoms with Crippen LogP contribution in [0.2, 0.25) is 0 Å². The first-order valence-corrected chi connectivity index (χ1v) is 7.20. The fourth-order valence-electron chi connectivity index (χ4n) is 2.44. The van der Waals surface area contributed by atoms with Crippen LogP contribution in [-0.4, -0.2) is 5.91 Å². The Bertz CT molecular complexity index is 995. The Morgan fingerprint density at radius 3 is 2.67 bits per heavy atom. The topological polar surface area (TPSA) is 59.3 Å². The van der Waals surface area contributed by atoms with Crippen molar-refractivity contribution in [2.75, 3.05) is 5.32 Å². The zero-order chi connectivity index (χ0) is 17.3. The molecule has 3 aromatic rings. The molecule has 0 aliphatic rings.